The second-order valence-electron chi connectivity index (χ2n) is 4.89. The Bertz CT molecular complexity index is 443. The second-order valence-corrected chi connectivity index (χ2v) is 5.81. The molecule has 2 rings (SSSR count). The highest BCUT2D eigenvalue weighted by Crippen LogP contribution is 2.45. The summed E-state index contributed by atoms with van der Waals surface area (Å²) in [5.74, 6) is 0. The molecule has 1 aliphatic carbocycles. The lowest BCUT2D eigenvalue weighted by Gasteiger charge is -2.27. The van der Waals surface area contributed by atoms with Crippen molar-refractivity contribution in [3.8, 4) is 0 Å². The minimum Gasteiger partial charge on any atom is -0.465 e. The molecular weight excluding hydrogens is 270 g/mol. The highest BCUT2D eigenvalue weighted by atomic mass is 79.9. The van der Waals surface area contributed by atoms with Crippen LogP contribution >= 0.6 is 15.9 Å². The average Bonchev–Trinajstić information content (AvgIpc) is 2.38. The number of carbonyl (C=O) groups is 1. The molecule has 16 heavy (non-hydrogen) atoms. The van der Waals surface area contributed by atoms with Crippen molar-refractivity contribution in [1.82, 2.24) is 5.32 Å². The highest BCUT2D eigenvalue weighted by Gasteiger charge is 2.39. The largest absolute Gasteiger partial charge is 0.465 e. The molecule has 1 atom stereocenters. The Balaban J connectivity index is 2.43. The monoisotopic (exact) mass is 283 g/mol. The predicted octanol–water partition coefficient (Wildman–Crippen LogP) is 3.34. The molecule has 0 spiro atoms. The Kier molecular flexibility index (Phi) is 2.70. The summed E-state index contributed by atoms with van der Waals surface area (Å²) in [4.78, 5) is 10.8. The molecule has 1 unspecified atom stereocenters. The van der Waals surface area contributed by atoms with Gasteiger partial charge in [-0.25, -0.2) is 4.79 Å². The predicted molar refractivity (Wildman–Crippen MR) is 65.5 cm³/mol. The van der Waals surface area contributed by atoms with Crippen LogP contribution in [0.15, 0.2) is 22.7 Å². The first-order valence-electron chi connectivity index (χ1n) is 5.18. The minimum absolute atomic E-state index is 0.0679. The molecule has 0 saturated carbocycles. The van der Waals surface area contributed by atoms with Crippen molar-refractivity contribution in [2.75, 3.05) is 0 Å². The van der Waals surface area contributed by atoms with E-state index in [9.17, 15) is 4.79 Å². The van der Waals surface area contributed by atoms with Gasteiger partial charge in [-0.05, 0) is 35.1 Å². The fourth-order valence-corrected chi connectivity index (χ4v) is 2.78. The molecule has 1 aliphatic rings. The Labute approximate surface area is 103 Å². The lowest BCUT2D eigenvalue weighted by atomic mass is 9.85. The first-order valence-corrected chi connectivity index (χ1v) is 5.97. The summed E-state index contributed by atoms with van der Waals surface area (Å²) in [6.07, 6.45) is -0.0634. The maximum atomic E-state index is 10.8. The zero-order valence-electron chi connectivity index (χ0n) is 9.25. The first-order chi connectivity index (χ1) is 7.40. The van der Waals surface area contributed by atoms with Crippen molar-refractivity contribution in [3.05, 3.63) is 33.8 Å². The topological polar surface area (TPSA) is 49.3 Å². The number of hydrogen-bond donors (Lipinski definition) is 2. The van der Waals surface area contributed by atoms with Crippen molar-refractivity contribution in [1.29, 1.82) is 0 Å². The molecule has 4 heteroatoms. The van der Waals surface area contributed by atoms with Crippen molar-refractivity contribution >= 4 is 22.0 Å². The third-order valence-electron chi connectivity index (χ3n) is 3.11. The molecule has 2 N–H and O–H groups in total. The summed E-state index contributed by atoms with van der Waals surface area (Å²) >= 11 is 3.42. The number of nitrogens with one attached hydrogen (secondary N) is 1. The van der Waals surface area contributed by atoms with Gasteiger partial charge in [-0.15, -0.1) is 0 Å². The summed E-state index contributed by atoms with van der Waals surface area (Å²) in [5.41, 5.74) is 2.25. The van der Waals surface area contributed by atoms with Crippen LogP contribution in [0.3, 0.4) is 0 Å². The molecule has 0 radical (unpaired) electrons. The number of carboxylic acid groups (broad SMARTS) is 1. The molecular formula is C12H14BrNO2. The zero-order valence-corrected chi connectivity index (χ0v) is 10.8. The van der Waals surface area contributed by atoms with E-state index in [2.05, 4.69) is 41.2 Å². The number of rotatable bonds is 1. The number of amides is 1. The summed E-state index contributed by atoms with van der Waals surface area (Å²) in [6, 6.07) is 5.94. The maximum Gasteiger partial charge on any atom is 0.405 e. The quantitative estimate of drug-likeness (QED) is 0.831. The standard InChI is InChI=1S/C12H14BrNO2/c1-12(2)6-7-3-4-8(13)5-9(7)10(12)14-11(15)16/h3-5,10,14H,6H2,1-2H3,(H,15,16). The van der Waals surface area contributed by atoms with E-state index < -0.39 is 6.09 Å². The van der Waals surface area contributed by atoms with Crippen LogP contribution in [0.25, 0.3) is 0 Å². The average molecular weight is 284 g/mol. The third kappa shape index (κ3) is 1.94. The van der Waals surface area contributed by atoms with E-state index in [1.807, 2.05) is 12.1 Å². The number of hydrogen-bond acceptors (Lipinski definition) is 1. The van der Waals surface area contributed by atoms with E-state index in [0.29, 0.717) is 0 Å². The van der Waals surface area contributed by atoms with E-state index in [4.69, 9.17) is 5.11 Å². The third-order valence-corrected chi connectivity index (χ3v) is 3.61. The normalized spacial score (nSPS) is 21.6. The summed E-state index contributed by atoms with van der Waals surface area (Å²) in [5, 5.41) is 11.5. The summed E-state index contributed by atoms with van der Waals surface area (Å²) < 4.78 is 0.987. The van der Waals surface area contributed by atoms with Crippen LogP contribution < -0.4 is 5.32 Å². The van der Waals surface area contributed by atoms with Crippen LogP contribution in [0, 0.1) is 5.41 Å². The smallest absolute Gasteiger partial charge is 0.405 e. The van der Waals surface area contributed by atoms with Gasteiger partial charge in [-0.2, -0.15) is 0 Å². The van der Waals surface area contributed by atoms with Gasteiger partial charge in [0.2, 0.25) is 0 Å². The molecule has 1 aromatic rings. The van der Waals surface area contributed by atoms with E-state index in [-0.39, 0.29) is 11.5 Å². The molecule has 1 amide bonds. The fourth-order valence-electron chi connectivity index (χ4n) is 2.41. The van der Waals surface area contributed by atoms with Crippen molar-refractivity contribution in [2.45, 2.75) is 26.3 Å². The number of benzene rings is 1. The van der Waals surface area contributed by atoms with Gasteiger partial charge in [0, 0.05) is 4.47 Å². The molecule has 0 aliphatic heterocycles. The number of fused-ring (bicyclic) bond motifs is 1. The second kappa shape index (κ2) is 3.77. The van der Waals surface area contributed by atoms with Crippen LogP contribution in [0.4, 0.5) is 4.79 Å². The highest BCUT2D eigenvalue weighted by molar-refractivity contribution is 9.10. The molecule has 0 saturated heterocycles. The van der Waals surface area contributed by atoms with Gasteiger partial charge in [-0.3, -0.25) is 0 Å². The van der Waals surface area contributed by atoms with Gasteiger partial charge in [0.1, 0.15) is 0 Å². The van der Waals surface area contributed by atoms with Crippen molar-refractivity contribution in [3.63, 3.8) is 0 Å². The van der Waals surface area contributed by atoms with Crippen LogP contribution in [0.2, 0.25) is 0 Å². The Hall–Kier alpha value is -1.03. The van der Waals surface area contributed by atoms with Crippen LogP contribution in [0.1, 0.15) is 31.0 Å². The minimum atomic E-state index is -0.967. The fraction of sp³-hybridized carbons (Fsp3) is 0.417. The molecule has 86 valence electrons. The van der Waals surface area contributed by atoms with Crippen LogP contribution in [-0.2, 0) is 6.42 Å². The van der Waals surface area contributed by atoms with Gasteiger partial charge in [0.05, 0.1) is 6.04 Å². The van der Waals surface area contributed by atoms with Gasteiger partial charge in [0.25, 0.3) is 0 Å². The SMILES string of the molecule is CC1(C)Cc2ccc(Br)cc2C1NC(=O)O. The summed E-state index contributed by atoms with van der Waals surface area (Å²) in [6.45, 7) is 4.17. The van der Waals surface area contributed by atoms with E-state index in [0.717, 1.165) is 16.5 Å². The molecule has 0 bridgehead atoms. The van der Waals surface area contributed by atoms with E-state index in [1.54, 1.807) is 0 Å². The Morgan fingerprint density at radius 1 is 1.56 bits per heavy atom. The van der Waals surface area contributed by atoms with Gasteiger partial charge in [-0.1, -0.05) is 35.8 Å². The Morgan fingerprint density at radius 3 is 2.88 bits per heavy atom. The molecule has 0 aromatic heterocycles. The lowest BCUT2D eigenvalue weighted by molar-refractivity contribution is 0.175. The molecule has 3 nitrogen and oxygen atoms in total. The molecule has 0 fully saturated rings. The van der Waals surface area contributed by atoms with Crippen molar-refractivity contribution in [2.24, 2.45) is 5.41 Å². The van der Waals surface area contributed by atoms with E-state index >= 15 is 0 Å². The lowest BCUT2D eigenvalue weighted by Crippen LogP contribution is -2.34. The summed E-state index contributed by atoms with van der Waals surface area (Å²) in [7, 11) is 0. The van der Waals surface area contributed by atoms with Crippen LogP contribution in [-0.4, -0.2) is 11.2 Å². The van der Waals surface area contributed by atoms with E-state index in [1.165, 1.54) is 5.56 Å². The Morgan fingerprint density at radius 2 is 2.25 bits per heavy atom. The number of halogens is 1. The first kappa shape index (κ1) is 11.5. The van der Waals surface area contributed by atoms with Gasteiger partial charge >= 0.3 is 6.09 Å². The maximum absolute atomic E-state index is 10.8. The van der Waals surface area contributed by atoms with Crippen LogP contribution in [0.5, 0.6) is 0 Å². The molecule has 1 aromatic carbocycles. The van der Waals surface area contributed by atoms with Gasteiger partial charge < -0.3 is 10.4 Å². The van der Waals surface area contributed by atoms with Crippen molar-refractivity contribution < 1.29 is 9.90 Å². The molecule has 0 heterocycles. The zero-order chi connectivity index (χ0) is 11.9. The van der Waals surface area contributed by atoms with Gasteiger partial charge in [0.15, 0.2) is 0 Å².